The van der Waals surface area contributed by atoms with Gasteiger partial charge in [-0.3, -0.25) is 0 Å². The van der Waals surface area contributed by atoms with Gasteiger partial charge in [-0.1, -0.05) is 6.42 Å². The zero-order valence-corrected chi connectivity index (χ0v) is 12.0. The van der Waals surface area contributed by atoms with Crippen LogP contribution in [-0.2, 0) is 11.3 Å². The maximum atomic E-state index is 11.9. The summed E-state index contributed by atoms with van der Waals surface area (Å²) in [5, 5.41) is 0. The van der Waals surface area contributed by atoms with Gasteiger partial charge >= 0.3 is 5.97 Å². The summed E-state index contributed by atoms with van der Waals surface area (Å²) < 4.78 is 7.16. The zero-order chi connectivity index (χ0) is 13.7. The summed E-state index contributed by atoms with van der Waals surface area (Å²) in [4.78, 5) is 14.4. The molecule has 1 aliphatic heterocycles. The van der Waals surface area contributed by atoms with E-state index in [0.717, 1.165) is 18.7 Å². The third kappa shape index (κ3) is 3.60. The summed E-state index contributed by atoms with van der Waals surface area (Å²) in [6.07, 6.45) is 5.95. The van der Waals surface area contributed by atoms with Crippen LogP contribution in [0.4, 0.5) is 0 Å². The number of nitrogens with zero attached hydrogens (tertiary/aromatic N) is 2. The monoisotopic (exact) mass is 264 g/mol. The molecular weight excluding hydrogens is 240 g/mol. The van der Waals surface area contributed by atoms with Crippen molar-refractivity contribution in [2.45, 2.75) is 39.7 Å². The van der Waals surface area contributed by atoms with Gasteiger partial charge in [0.05, 0.1) is 6.61 Å². The molecule has 106 valence electrons. The Labute approximate surface area is 115 Å². The van der Waals surface area contributed by atoms with Crippen LogP contribution >= 0.6 is 0 Å². The standard InChI is InChI=1S/C15H24N2O2/c1-3-19-15(18)14-13(2)7-10-17(14)12-11-16-8-5-4-6-9-16/h7,10H,3-6,8-9,11-12H2,1-2H3. The van der Waals surface area contributed by atoms with Gasteiger partial charge in [-0.15, -0.1) is 0 Å². The fourth-order valence-corrected chi connectivity index (χ4v) is 2.68. The minimum atomic E-state index is -0.205. The number of hydrogen-bond acceptors (Lipinski definition) is 3. The number of aromatic nitrogens is 1. The van der Waals surface area contributed by atoms with Gasteiger partial charge in [0.15, 0.2) is 0 Å². The minimum absolute atomic E-state index is 0.205. The van der Waals surface area contributed by atoms with Crippen LogP contribution in [-0.4, -0.2) is 41.7 Å². The first-order chi connectivity index (χ1) is 9.22. The van der Waals surface area contributed by atoms with Crippen molar-refractivity contribution in [3.05, 3.63) is 23.5 Å². The molecule has 1 fully saturated rings. The third-order valence-electron chi connectivity index (χ3n) is 3.74. The highest BCUT2D eigenvalue weighted by Gasteiger charge is 2.17. The lowest BCUT2D eigenvalue weighted by atomic mass is 10.1. The highest BCUT2D eigenvalue weighted by molar-refractivity contribution is 5.89. The number of hydrogen-bond donors (Lipinski definition) is 0. The summed E-state index contributed by atoms with van der Waals surface area (Å²) in [6, 6.07) is 1.99. The molecule has 0 unspecified atom stereocenters. The molecule has 2 rings (SSSR count). The van der Waals surface area contributed by atoms with Crippen LogP contribution in [0.15, 0.2) is 12.3 Å². The number of piperidine rings is 1. The van der Waals surface area contributed by atoms with E-state index in [1.807, 2.05) is 30.7 Å². The molecule has 0 aromatic carbocycles. The molecule has 19 heavy (non-hydrogen) atoms. The molecule has 1 aromatic rings. The van der Waals surface area contributed by atoms with E-state index in [1.165, 1.54) is 32.4 Å². The van der Waals surface area contributed by atoms with E-state index >= 15 is 0 Å². The predicted octanol–water partition coefficient (Wildman–Crippen LogP) is 2.46. The van der Waals surface area contributed by atoms with E-state index in [-0.39, 0.29) is 5.97 Å². The van der Waals surface area contributed by atoms with E-state index in [9.17, 15) is 4.79 Å². The first-order valence-electron chi connectivity index (χ1n) is 7.27. The van der Waals surface area contributed by atoms with Crippen molar-refractivity contribution >= 4 is 5.97 Å². The number of rotatable bonds is 5. The summed E-state index contributed by atoms with van der Waals surface area (Å²) >= 11 is 0. The zero-order valence-electron chi connectivity index (χ0n) is 12.0. The average Bonchev–Trinajstić information content (AvgIpc) is 2.79. The molecule has 0 amide bonds. The van der Waals surface area contributed by atoms with Gasteiger partial charge in [0.1, 0.15) is 5.69 Å². The average molecular weight is 264 g/mol. The number of carbonyl (C=O) groups is 1. The molecular formula is C15H24N2O2. The lowest BCUT2D eigenvalue weighted by Crippen LogP contribution is -2.33. The van der Waals surface area contributed by atoms with Gasteiger partial charge in [0, 0.05) is 19.3 Å². The van der Waals surface area contributed by atoms with Crippen LogP contribution in [0, 0.1) is 6.92 Å². The summed E-state index contributed by atoms with van der Waals surface area (Å²) in [5.74, 6) is -0.205. The minimum Gasteiger partial charge on any atom is -0.461 e. The normalized spacial score (nSPS) is 16.5. The van der Waals surface area contributed by atoms with Crippen molar-refractivity contribution in [3.63, 3.8) is 0 Å². The van der Waals surface area contributed by atoms with Crippen LogP contribution in [0.3, 0.4) is 0 Å². The van der Waals surface area contributed by atoms with Crippen LogP contribution in [0.1, 0.15) is 42.2 Å². The lowest BCUT2D eigenvalue weighted by molar-refractivity contribution is 0.0512. The van der Waals surface area contributed by atoms with Crippen molar-refractivity contribution in [1.82, 2.24) is 9.47 Å². The van der Waals surface area contributed by atoms with Crippen LogP contribution in [0.25, 0.3) is 0 Å². The fourth-order valence-electron chi connectivity index (χ4n) is 2.68. The predicted molar refractivity (Wildman–Crippen MR) is 75.4 cm³/mol. The molecule has 0 saturated carbocycles. The van der Waals surface area contributed by atoms with Crippen LogP contribution < -0.4 is 0 Å². The van der Waals surface area contributed by atoms with E-state index < -0.39 is 0 Å². The Morgan fingerprint density at radius 3 is 2.68 bits per heavy atom. The molecule has 0 aliphatic carbocycles. The first-order valence-corrected chi connectivity index (χ1v) is 7.27. The SMILES string of the molecule is CCOC(=O)c1c(C)ccn1CCN1CCCCC1. The van der Waals surface area contributed by atoms with Crippen molar-refractivity contribution < 1.29 is 9.53 Å². The van der Waals surface area contributed by atoms with Gasteiger partial charge in [-0.25, -0.2) is 4.79 Å². The Hall–Kier alpha value is -1.29. The molecule has 0 atom stereocenters. The second-order valence-corrected chi connectivity index (χ2v) is 5.16. The molecule has 0 radical (unpaired) electrons. The molecule has 0 N–H and O–H groups in total. The van der Waals surface area contributed by atoms with E-state index in [1.54, 1.807) is 0 Å². The number of carbonyl (C=O) groups excluding carboxylic acids is 1. The molecule has 4 heteroatoms. The lowest BCUT2D eigenvalue weighted by Gasteiger charge is -2.26. The fraction of sp³-hybridized carbons (Fsp3) is 0.667. The number of aryl methyl sites for hydroxylation is 1. The molecule has 0 spiro atoms. The largest absolute Gasteiger partial charge is 0.461 e. The van der Waals surface area contributed by atoms with Gasteiger partial charge in [-0.05, 0) is 51.4 Å². The van der Waals surface area contributed by atoms with Crippen LogP contribution in [0.2, 0.25) is 0 Å². The van der Waals surface area contributed by atoms with Crippen molar-refractivity contribution in [3.8, 4) is 0 Å². The summed E-state index contributed by atoms with van der Waals surface area (Å²) in [7, 11) is 0. The molecule has 1 aliphatic rings. The number of ether oxygens (including phenoxy) is 1. The Morgan fingerprint density at radius 2 is 2.00 bits per heavy atom. The van der Waals surface area contributed by atoms with Crippen LogP contribution in [0.5, 0.6) is 0 Å². The Morgan fingerprint density at radius 1 is 1.26 bits per heavy atom. The van der Waals surface area contributed by atoms with Gasteiger partial charge in [0.25, 0.3) is 0 Å². The summed E-state index contributed by atoms with van der Waals surface area (Å²) in [6.45, 7) is 8.49. The maximum absolute atomic E-state index is 11.9. The molecule has 4 nitrogen and oxygen atoms in total. The van der Waals surface area contributed by atoms with Gasteiger partial charge in [-0.2, -0.15) is 0 Å². The molecule has 0 bridgehead atoms. The molecule has 1 saturated heterocycles. The number of likely N-dealkylation sites (tertiary alicyclic amines) is 1. The quantitative estimate of drug-likeness (QED) is 0.766. The third-order valence-corrected chi connectivity index (χ3v) is 3.74. The van der Waals surface area contributed by atoms with Gasteiger partial charge < -0.3 is 14.2 Å². The van der Waals surface area contributed by atoms with Crippen molar-refractivity contribution in [2.75, 3.05) is 26.2 Å². The number of esters is 1. The topological polar surface area (TPSA) is 34.5 Å². The Kier molecular flexibility index (Phi) is 5.02. The summed E-state index contributed by atoms with van der Waals surface area (Å²) in [5.41, 5.74) is 1.70. The maximum Gasteiger partial charge on any atom is 0.355 e. The molecule has 2 heterocycles. The Balaban J connectivity index is 1.97. The first kappa shape index (κ1) is 14.1. The highest BCUT2D eigenvalue weighted by Crippen LogP contribution is 2.13. The van der Waals surface area contributed by atoms with E-state index in [0.29, 0.717) is 12.3 Å². The Bertz CT molecular complexity index is 420. The van der Waals surface area contributed by atoms with Crippen molar-refractivity contribution in [1.29, 1.82) is 0 Å². The smallest absolute Gasteiger partial charge is 0.355 e. The van der Waals surface area contributed by atoms with E-state index in [4.69, 9.17) is 4.74 Å². The highest BCUT2D eigenvalue weighted by atomic mass is 16.5. The second-order valence-electron chi connectivity index (χ2n) is 5.16. The van der Waals surface area contributed by atoms with E-state index in [2.05, 4.69) is 4.90 Å². The second kappa shape index (κ2) is 6.75. The van der Waals surface area contributed by atoms with Gasteiger partial charge in [0.2, 0.25) is 0 Å². The van der Waals surface area contributed by atoms with Crippen molar-refractivity contribution in [2.24, 2.45) is 0 Å². The molecule has 1 aromatic heterocycles.